The Kier molecular flexibility index (Phi) is 4.06. The Hall–Kier alpha value is -2.93. The van der Waals surface area contributed by atoms with Crippen molar-refractivity contribution in [1.82, 2.24) is 25.4 Å². The van der Waals surface area contributed by atoms with E-state index in [-0.39, 0.29) is 6.10 Å². The number of nitrogens with zero attached hydrogens (tertiary/aromatic N) is 4. The molecule has 3 aromatic heterocycles. The van der Waals surface area contributed by atoms with E-state index in [0.29, 0.717) is 0 Å². The Morgan fingerprint density at radius 2 is 1.93 bits per heavy atom. The SMILES string of the molecule is Cc1[nH]ncc1-c1nc2c(N3CCO[C@H](C)C3)cc3[nH]ncc3c2c2c1CCCC2. The summed E-state index contributed by atoms with van der Waals surface area (Å²) in [5, 5.41) is 17.4. The number of nitrogens with one attached hydrogen (secondary N) is 2. The number of aryl methyl sites for hydroxylation is 2. The zero-order valence-corrected chi connectivity index (χ0v) is 17.5. The third-order valence-electron chi connectivity index (χ3n) is 6.64. The van der Waals surface area contributed by atoms with Gasteiger partial charge in [-0.3, -0.25) is 10.2 Å². The van der Waals surface area contributed by atoms with Gasteiger partial charge in [-0.1, -0.05) is 0 Å². The molecular weight excluding hydrogens is 376 g/mol. The molecule has 0 amide bonds. The van der Waals surface area contributed by atoms with E-state index in [1.165, 1.54) is 40.4 Å². The maximum absolute atomic E-state index is 5.81. The number of hydrogen-bond acceptors (Lipinski definition) is 5. The number of benzene rings is 1. The van der Waals surface area contributed by atoms with Crippen LogP contribution in [0.5, 0.6) is 0 Å². The minimum absolute atomic E-state index is 0.208. The monoisotopic (exact) mass is 402 g/mol. The number of pyridine rings is 1. The number of H-pyrrole nitrogens is 2. The predicted molar refractivity (Wildman–Crippen MR) is 118 cm³/mol. The van der Waals surface area contributed by atoms with Gasteiger partial charge in [-0.25, -0.2) is 4.98 Å². The van der Waals surface area contributed by atoms with Crippen molar-refractivity contribution in [3.8, 4) is 11.3 Å². The molecule has 7 heteroatoms. The van der Waals surface area contributed by atoms with Gasteiger partial charge >= 0.3 is 0 Å². The van der Waals surface area contributed by atoms with Crippen molar-refractivity contribution in [2.24, 2.45) is 0 Å². The van der Waals surface area contributed by atoms with Crippen molar-refractivity contribution in [2.45, 2.75) is 45.6 Å². The summed E-state index contributed by atoms with van der Waals surface area (Å²) in [6, 6.07) is 2.22. The molecule has 1 atom stereocenters. The lowest BCUT2D eigenvalue weighted by molar-refractivity contribution is 0.0533. The van der Waals surface area contributed by atoms with Crippen molar-refractivity contribution in [2.75, 3.05) is 24.6 Å². The number of morpholine rings is 1. The molecule has 1 aliphatic carbocycles. The van der Waals surface area contributed by atoms with Gasteiger partial charge in [-0.15, -0.1) is 0 Å². The van der Waals surface area contributed by atoms with Crippen molar-refractivity contribution in [3.63, 3.8) is 0 Å². The van der Waals surface area contributed by atoms with Gasteiger partial charge in [-0.05, 0) is 56.7 Å². The zero-order valence-electron chi connectivity index (χ0n) is 17.5. The minimum atomic E-state index is 0.208. The Morgan fingerprint density at radius 3 is 2.73 bits per heavy atom. The highest BCUT2D eigenvalue weighted by Crippen LogP contribution is 2.42. The first kappa shape index (κ1) is 17.9. The van der Waals surface area contributed by atoms with Crippen LogP contribution < -0.4 is 4.90 Å². The molecule has 1 aliphatic heterocycles. The number of anilines is 1. The first-order valence-electron chi connectivity index (χ1n) is 10.9. The fraction of sp³-hybridized carbons (Fsp3) is 0.435. The van der Waals surface area contributed by atoms with Gasteiger partial charge < -0.3 is 9.64 Å². The Bertz CT molecular complexity index is 1260. The first-order valence-corrected chi connectivity index (χ1v) is 10.9. The van der Waals surface area contributed by atoms with Gasteiger partial charge in [0.05, 0.1) is 47.5 Å². The first-order chi connectivity index (χ1) is 14.7. The fourth-order valence-corrected chi connectivity index (χ4v) is 5.20. The fourth-order valence-electron chi connectivity index (χ4n) is 5.20. The highest BCUT2D eigenvalue weighted by Gasteiger charge is 2.27. The van der Waals surface area contributed by atoms with Crippen LogP contribution in [0, 0.1) is 6.92 Å². The van der Waals surface area contributed by atoms with Gasteiger partial charge in [0, 0.05) is 35.1 Å². The number of hydrogen-bond donors (Lipinski definition) is 2. The number of fused-ring (bicyclic) bond motifs is 5. The molecule has 2 N–H and O–H groups in total. The second-order valence-corrected chi connectivity index (χ2v) is 8.61. The standard InChI is InChI=1S/C23H26N6O/c1-13-12-29(7-8-30-13)20-9-19-18(11-25-28-19)21-15-5-3-4-6-16(15)22(26-23(20)21)17-10-24-27-14(17)2/h9-11,13H,3-8,12H2,1-2H3,(H,24,27)(H,25,28)/t13-/m1/s1. The summed E-state index contributed by atoms with van der Waals surface area (Å²) in [4.78, 5) is 7.76. The zero-order chi connectivity index (χ0) is 20.2. The summed E-state index contributed by atoms with van der Waals surface area (Å²) in [5.41, 5.74) is 9.43. The number of rotatable bonds is 2. The van der Waals surface area contributed by atoms with Crippen molar-refractivity contribution in [1.29, 1.82) is 0 Å². The van der Waals surface area contributed by atoms with Crippen LogP contribution in [-0.4, -0.2) is 51.2 Å². The second-order valence-electron chi connectivity index (χ2n) is 8.61. The topological polar surface area (TPSA) is 82.7 Å². The molecule has 2 aliphatic rings. The molecule has 0 spiro atoms. The van der Waals surface area contributed by atoms with Crippen LogP contribution in [0.1, 0.15) is 36.6 Å². The summed E-state index contributed by atoms with van der Waals surface area (Å²) >= 11 is 0. The van der Waals surface area contributed by atoms with Crippen molar-refractivity contribution >= 4 is 27.5 Å². The normalized spacial score (nSPS) is 19.5. The minimum Gasteiger partial charge on any atom is -0.375 e. The van der Waals surface area contributed by atoms with Gasteiger partial charge in [0.1, 0.15) is 0 Å². The summed E-state index contributed by atoms with van der Waals surface area (Å²) in [7, 11) is 0. The molecule has 0 bridgehead atoms. The van der Waals surface area contributed by atoms with Crippen LogP contribution in [-0.2, 0) is 17.6 Å². The summed E-state index contributed by atoms with van der Waals surface area (Å²) in [5.74, 6) is 0. The summed E-state index contributed by atoms with van der Waals surface area (Å²) in [6.07, 6.45) is 8.67. The molecule has 1 saturated heterocycles. The van der Waals surface area contributed by atoms with Crippen LogP contribution in [0.3, 0.4) is 0 Å². The predicted octanol–water partition coefficient (Wildman–Crippen LogP) is 3.91. The van der Waals surface area contributed by atoms with Crippen LogP contribution in [0.25, 0.3) is 33.1 Å². The van der Waals surface area contributed by atoms with E-state index in [9.17, 15) is 0 Å². The molecule has 4 heterocycles. The lowest BCUT2D eigenvalue weighted by Gasteiger charge is -2.34. The highest BCUT2D eigenvalue weighted by atomic mass is 16.5. The van der Waals surface area contributed by atoms with Crippen LogP contribution in [0.4, 0.5) is 5.69 Å². The molecule has 30 heavy (non-hydrogen) atoms. The van der Waals surface area contributed by atoms with E-state index in [0.717, 1.165) is 60.5 Å². The molecule has 1 fully saturated rings. The Balaban J connectivity index is 1.71. The maximum atomic E-state index is 5.81. The summed E-state index contributed by atoms with van der Waals surface area (Å²) in [6.45, 7) is 6.69. The molecule has 154 valence electrons. The quantitative estimate of drug-likeness (QED) is 0.531. The van der Waals surface area contributed by atoms with Crippen LogP contribution in [0.15, 0.2) is 18.5 Å². The average Bonchev–Trinajstić information content (AvgIpc) is 3.41. The third kappa shape index (κ3) is 2.65. The third-order valence-corrected chi connectivity index (χ3v) is 6.64. The largest absolute Gasteiger partial charge is 0.375 e. The van der Waals surface area contributed by atoms with E-state index in [4.69, 9.17) is 9.72 Å². The molecule has 0 saturated carbocycles. The summed E-state index contributed by atoms with van der Waals surface area (Å²) < 4.78 is 5.81. The van der Waals surface area contributed by atoms with E-state index >= 15 is 0 Å². The van der Waals surface area contributed by atoms with Gasteiger partial charge in [0.2, 0.25) is 0 Å². The molecule has 7 nitrogen and oxygen atoms in total. The molecule has 4 aromatic rings. The van der Waals surface area contributed by atoms with Crippen molar-refractivity contribution < 1.29 is 4.74 Å². The Morgan fingerprint density at radius 1 is 1.10 bits per heavy atom. The van der Waals surface area contributed by atoms with E-state index in [1.54, 1.807) is 0 Å². The highest BCUT2D eigenvalue weighted by molar-refractivity contribution is 6.13. The lowest BCUT2D eigenvalue weighted by atomic mass is 9.85. The van der Waals surface area contributed by atoms with Gasteiger partial charge in [-0.2, -0.15) is 10.2 Å². The molecule has 0 unspecified atom stereocenters. The average molecular weight is 403 g/mol. The lowest BCUT2D eigenvalue weighted by Crippen LogP contribution is -2.41. The number of aromatic amines is 2. The Labute approximate surface area is 174 Å². The molecular formula is C23H26N6O. The van der Waals surface area contributed by atoms with E-state index in [2.05, 4.69) is 45.2 Å². The van der Waals surface area contributed by atoms with Crippen LogP contribution >= 0.6 is 0 Å². The maximum Gasteiger partial charge on any atom is 0.0954 e. The second kappa shape index (κ2) is 6.80. The number of ether oxygens (including phenoxy) is 1. The molecule has 6 rings (SSSR count). The van der Waals surface area contributed by atoms with Gasteiger partial charge in [0.25, 0.3) is 0 Å². The number of aromatic nitrogens is 5. The smallest absolute Gasteiger partial charge is 0.0954 e. The van der Waals surface area contributed by atoms with E-state index in [1.807, 2.05) is 12.4 Å². The van der Waals surface area contributed by atoms with Gasteiger partial charge in [0.15, 0.2) is 0 Å². The molecule has 0 radical (unpaired) electrons. The van der Waals surface area contributed by atoms with E-state index < -0.39 is 0 Å². The van der Waals surface area contributed by atoms with Crippen LogP contribution in [0.2, 0.25) is 0 Å². The van der Waals surface area contributed by atoms with Crippen molar-refractivity contribution in [3.05, 3.63) is 35.3 Å². The molecule has 1 aromatic carbocycles.